The molecule has 0 aliphatic carbocycles. The lowest BCUT2D eigenvalue weighted by molar-refractivity contribution is 0.297. The summed E-state index contributed by atoms with van der Waals surface area (Å²) < 4.78 is 19.0. The molecule has 0 radical (unpaired) electrons. The number of halogens is 1. The van der Waals surface area contributed by atoms with Gasteiger partial charge in [-0.3, -0.25) is 0 Å². The van der Waals surface area contributed by atoms with E-state index in [9.17, 15) is 9.65 Å². The second-order valence-electron chi connectivity index (χ2n) is 8.63. The highest BCUT2D eigenvalue weighted by molar-refractivity contribution is 5.95. The van der Waals surface area contributed by atoms with Crippen LogP contribution in [-0.4, -0.2) is 51.5 Å². The number of benzene rings is 2. The summed E-state index contributed by atoms with van der Waals surface area (Å²) in [4.78, 5) is 20.5. The maximum Gasteiger partial charge on any atom is 0.214 e. The minimum absolute atomic E-state index is 0.0567. The molecule has 10 heteroatoms. The Morgan fingerprint density at radius 2 is 2.03 bits per heavy atom. The first-order chi connectivity index (χ1) is 17.5. The van der Waals surface area contributed by atoms with Gasteiger partial charge in [-0.05, 0) is 55.8 Å². The molecule has 0 saturated carbocycles. The molecule has 1 saturated heterocycles. The topological polar surface area (TPSA) is 105 Å². The van der Waals surface area contributed by atoms with Crippen LogP contribution in [0.3, 0.4) is 0 Å². The number of guanidine groups is 1. The van der Waals surface area contributed by atoms with Crippen molar-refractivity contribution in [1.29, 1.82) is 5.26 Å². The highest BCUT2D eigenvalue weighted by Crippen LogP contribution is 2.28. The van der Waals surface area contributed by atoms with Crippen molar-refractivity contribution in [1.82, 2.24) is 19.9 Å². The third-order valence-electron chi connectivity index (χ3n) is 6.14. The van der Waals surface area contributed by atoms with Gasteiger partial charge in [0.2, 0.25) is 12.2 Å². The molecule has 5 rings (SSSR count). The molecule has 0 amide bonds. The number of aromatic amines is 1. The summed E-state index contributed by atoms with van der Waals surface area (Å²) in [5.74, 6) is 2.16. The molecule has 0 spiro atoms. The van der Waals surface area contributed by atoms with Crippen LogP contribution in [0.1, 0.15) is 12.5 Å². The number of nitriles is 1. The van der Waals surface area contributed by atoms with Crippen molar-refractivity contribution < 1.29 is 9.13 Å². The summed E-state index contributed by atoms with van der Waals surface area (Å²) >= 11 is 0. The van der Waals surface area contributed by atoms with Crippen LogP contribution in [0.2, 0.25) is 0 Å². The number of aliphatic imine (C=N–C) groups is 1. The van der Waals surface area contributed by atoms with Gasteiger partial charge in [0.25, 0.3) is 0 Å². The van der Waals surface area contributed by atoms with Crippen molar-refractivity contribution in [3.63, 3.8) is 0 Å². The molecular formula is C26H25FN8O. The minimum atomic E-state index is -0.322. The number of ether oxygens (including phenoxy) is 1. The van der Waals surface area contributed by atoms with Gasteiger partial charge in [-0.15, -0.1) is 4.99 Å². The minimum Gasteiger partial charge on any atom is -0.457 e. The van der Waals surface area contributed by atoms with Gasteiger partial charge >= 0.3 is 0 Å². The lowest BCUT2D eigenvalue weighted by Crippen LogP contribution is -2.56. The van der Waals surface area contributed by atoms with Crippen LogP contribution in [0.5, 0.6) is 11.5 Å². The van der Waals surface area contributed by atoms with Gasteiger partial charge < -0.3 is 24.8 Å². The Kier molecular flexibility index (Phi) is 6.36. The second-order valence-corrected chi connectivity index (χ2v) is 8.63. The second kappa shape index (κ2) is 9.92. The number of aromatic nitrogens is 3. The summed E-state index contributed by atoms with van der Waals surface area (Å²) in [7, 11) is 0. The first kappa shape index (κ1) is 23.1. The van der Waals surface area contributed by atoms with Gasteiger partial charge in [0.05, 0.1) is 5.39 Å². The summed E-state index contributed by atoms with van der Waals surface area (Å²) in [6.45, 7) is 6.20. The zero-order valence-corrected chi connectivity index (χ0v) is 19.9. The van der Waals surface area contributed by atoms with Crippen LogP contribution >= 0.6 is 0 Å². The molecule has 0 bridgehead atoms. The Morgan fingerprint density at radius 1 is 1.19 bits per heavy atom. The highest BCUT2D eigenvalue weighted by atomic mass is 19.1. The first-order valence-electron chi connectivity index (χ1n) is 11.6. The molecule has 182 valence electrons. The monoisotopic (exact) mass is 484 g/mol. The molecule has 2 aromatic carbocycles. The van der Waals surface area contributed by atoms with Crippen LogP contribution in [0, 0.1) is 24.2 Å². The van der Waals surface area contributed by atoms with E-state index in [1.54, 1.807) is 18.5 Å². The van der Waals surface area contributed by atoms with Crippen molar-refractivity contribution in [3.8, 4) is 17.7 Å². The molecule has 1 aliphatic rings. The third kappa shape index (κ3) is 4.77. The van der Waals surface area contributed by atoms with Crippen molar-refractivity contribution in [3.05, 3.63) is 72.4 Å². The van der Waals surface area contributed by atoms with Crippen LogP contribution in [0.15, 0.2) is 66.0 Å². The molecule has 1 fully saturated rings. The van der Waals surface area contributed by atoms with Gasteiger partial charge in [-0.2, -0.15) is 5.26 Å². The van der Waals surface area contributed by atoms with Crippen molar-refractivity contribution in [2.75, 3.05) is 29.9 Å². The number of piperazine rings is 1. The lowest BCUT2D eigenvalue weighted by Gasteiger charge is -2.41. The van der Waals surface area contributed by atoms with E-state index in [1.807, 2.05) is 43.6 Å². The zero-order chi connectivity index (χ0) is 25.1. The largest absolute Gasteiger partial charge is 0.457 e. The van der Waals surface area contributed by atoms with E-state index >= 15 is 0 Å². The average molecular weight is 485 g/mol. The van der Waals surface area contributed by atoms with Gasteiger partial charge in [0.15, 0.2) is 0 Å². The normalized spacial score (nSPS) is 16.2. The Morgan fingerprint density at radius 3 is 2.81 bits per heavy atom. The number of hydrogen-bond acceptors (Lipinski definition) is 6. The number of H-pyrrole nitrogens is 1. The summed E-state index contributed by atoms with van der Waals surface area (Å²) in [6.07, 6.45) is 5.44. The SMILES string of the molecule is Cc1c[nH]c2ncnc(N3CCN(C(=NC#N)Nc4cccc(Oc5ccc(F)cc5)c4)C(C)C3)c12. The van der Waals surface area contributed by atoms with Gasteiger partial charge in [0, 0.05) is 43.6 Å². The molecule has 2 N–H and O–H groups in total. The average Bonchev–Trinajstić information content (AvgIpc) is 3.26. The maximum atomic E-state index is 13.2. The lowest BCUT2D eigenvalue weighted by atomic mass is 10.1. The smallest absolute Gasteiger partial charge is 0.214 e. The van der Waals surface area contributed by atoms with E-state index in [0.29, 0.717) is 37.1 Å². The number of anilines is 2. The third-order valence-corrected chi connectivity index (χ3v) is 6.14. The summed E-state index contributed by atoms with van der Waals surface area (Å²) in [6, 6.07) is 13.2. The predicted octanol–water partition coefficient (Wildman–Crippen LogP) is 4.66. The standard InChI is InChI=1S/C26H25FN8O/c1-17-13-29-24-23(17)25(32-16-31-24)34-10-11-35(18(2)14-34)26(30-15-28)33-20-4-3-5-22(12-20)36-21-8-6-19(27)7-9-21/h3-9,12-13,16,18H,10-11,14H2,1-2H3,(H,30,33)(H,29,31,32). The van der Waals surface area contributed by atoms with E-state index < -0.39 is 0 Å². The van der Waals surface area contributed by atoms with Gasteiger partial charge in [-0.1, -0.05) is 6.07 Å². The quantitative estimate of drug-likeness (QED) is 0.247. The Hall–Kier alpha value is -4.65. The van der Waals surface area contributed by atoms with E-state index in [-0.39, 0.29) is 11.9 Å². The highest BCUT2D eigenvalue weighted by Gasteiger charge is 2.28. The van der Waals surface area contributed by atoms with E-state index in [4.69, 9.17) is 4.74 Å². The number of nitrogens with zero attached hydrogens (tertiary/aromatic N) is 6. The number of nitrogens with one attached hydrogen (secondary N) is 2. The zero-order valence-electron chi connectivity index (χ0n) is 19.9. The Labute approximate surface area is 207 Å². The van der Waals surface area contributed by atoms with E-state index in [2.05, 4.69) is 42.0 Å². The fourth-order valence-corrected chi connectivity index (χ4v) is 4.42. The van der Waals surface area contributed by atoms with Crippen molar-refractivity contribution >= 4 is 28.5 Å². The first-order valence-corrected chi connectivity index (χ1v) is 11.6. The molecule has 1 aliphatic heterocycles. The van der Waals surface area contributed by atoms with Crippen LogP contribution in [0.25, 0.3) is 11.0 Å². The molecule has 3 heterocycles. The van der Waals surface area contributed by atoms with Crippen molar-refractivity contribution in [2.24, 2.45) is 4.99 Å². The summed E-state index contributed by atoms with van der Waals surface area (Å²) in [5, 5.41) is 13.7. The van der Waals surface area contributed by atoms with E-state index in [0.717, 1.165) is 28.1 Å². The van der Waals surface area contributed by atoms with Crippen LogP contribution in [-0.2, 0) is 0 Å². The van der Waals surface area contributed by atoms with Crippen LogP contribution in [0.4, 0.5) is 15.9 Å². The number of aryl methyl sites for hydroxylation is 1. The molecule has 36 heavy (non-hydrogen) atoms. The molecule has 1 atom stereocenters. The fourth-order valence-electron chi connectivity index (χ4n) is 4.42. The molecule has 9 nitrogen and oxygen atoms in total. The molecular weight excluding hydrogens is 459 g/mol. The number of fused-ring (bicyclic) bond motifs is 1. The van der Waals surface area contributed by atoms with Crippen molar-refractivity contribution in [2.45, 2.75) is 19.9 Å². The summed E-state index contributed by atoms with van der Waals surface area (Å²) in [5.41, 5.74) is 2.65. The number of rotatable bonds is 4. The molecule has 4 aromatic rings. The van der Waals surface area contributed by atoms with E-state index in [1.165, 1.54) is 12.1 Å². The number of hydrogen-bond donors (Lipinski definition) is 2. The maximum absolute atomic E-state index is 13.2. The predicted molar refractivity (Wildman–Crippen MR) is 137 cm³/mol. The Bertz CT molecular complexity index is 1440. The fraction of sp³-hybridized carbons (Fsp3) is 0.231. The Balaban J connectivity index is 1.31. The van der Waals surface area contributed by atoms with Gasteiger partial charge in [0.1, 0.15) is 35.1 Å². The molecule has 1 unspecified atom stereocenters. The van der Waals surface area contributed by atoms with Gasteiger partial charge in [-0.25, -0.2) is 14.4 Å². The van der Waals surface area contributed by atoms with Crippen LogP contribution < -0.4 is 15.0 Å². The molecule has 2 aromatic heterocycles.